The zero-order valence-corrected chi connectivity index (χ0v) is 12.0. The van der Waals surface area contributed by atoms with Gasteiger partial charge in [-0.1, -0.05) is 49.4 Å². The largest absolute Gasteiger partial charge is 0.351 e. The van der Waals surface area contributed by atoms with Crippen LogP contribution in [0.3, 0.4) is 0 Å². The molecular formula is C18H18N2O. The van der Waals surface area contributed by atoms with Crippen molar-refractivity contribution in [2.24, 2.45) is 0 Å². The molecule has 1 amide bonds. The summed E-state index contributed by atoms with van der Waals surface area (Å²) in [6.45, 7) is 2.67. The number of benzene rings is 2. The SMILES string of the molecule is CCc1ccc(CNC(=O)c2cc3ccccc3[nH]2)cc1. The highest BCUT2D eigenvalue weighted by atomic mass is 16.1. The first-order valence-electron chi connectivity index (χ1n) is 7.20. The van der Waals surface area contributed by atoms with E-state index in [1.54, 1.807) is 0 Å². The third kappa shape index (κ3) is 2.97. The molecule has 21 heavy (non-hydrogen) atoms. The fraction of sp³-hybridized carbons (Fsp3) is 0.167. The van der Waals surface area contributed by atoms with E-state index in [0.29, 0.717) is 12.2 Å². The van der Waals surface area contributed by atoms with Gasteiger partial charge in [0.05, 0.1) is 0 Å². The lowest BCUT2D eigenvalue weighted by Gasteiger charge is -2.05. The second-order valence-electron chi connectivity index (χ2n) is 5.12. The number of hydrogen-bond donors (Lipinski definition) is 2. The topological polar surface area (TPSA) is 44.9 Å². The zero-order chi connectivity index (χ0) is 14.7. The van der Waals surface area contributed by atoms with Crippen LogP contribution in [-0.4, -0.2) is 10.9 Å². The molecule has 3 heteroatoms. The molecule has 3 aromatic rings. The second kappa shape index (κ2) is 5.83. The molecule has 0 saturated carbocycles. The lowest BCUT2D eigenvalue weighted by atomic mass is 10.1. The lowest BCUT2D eigenvalue weighted by Crippen LogP contribution is -2.23. The van der Waals surface area contributed by atoms with Gasteiger partial charge in [-0.15, -0.1) is 0 Å². The van der Waals surface area contributed by atoms with Gasteiger partial charge in [0.15, 0.2) is 0 Å². The van der Waals surface area contributed by atoms with Gasteiger partial charge in [-0.05, 0) is 29.7 Å². The highest BCUT2D eigenvalue weighted by molar-refractivity contribution is 5.97. The Bertz CT molecular complexity index is 723. The molecule has 0 aliphatic rings. The van der Waals surface area contributed by atoms with Crippen molar-refractivity contribution in [1.29, 1.82) is 0 Å². The molecular weight excluding hydrogens is 260 g/mol. The fourth-order valence-electron chi connectivity index (χ4n) is 2.37. The van der Waals surface area contributed by atoms with E-state index in [0.717, 1.165) is 22.9 Å². The van der Waals surface area contributed by atoms with Crippen LogP contribution in [0.15, 0.2) is 54.6 Å². The second-order valence-corrected chi connectivity index (χ2v) is 5.12. The van der Waals surface area contributed by atoms with E-state index < -0.39 is 0 Å². The Morgan fingerprint density at radius 1 is 1.05 bits per heavy atom. The number of carbonyl (C=O) groups is 1. The fourth-order valence-corrected chi connectivity index (χ4v) is 2.37. The quantitative estimate of drug-likeness (QED) is 0.751. The number of carbonyl (C=O) groups excluding carboxylic acids is 1. The summed E-state index contributed by atoms with van der Waals surface area (Å²) < 4.78 is 0. The van der Waals surface area contributed by atoms with Gasteiger partial charge >= 0.3 is 0 Å². The molecule has 0 bridgehead atoms. The Morgan fingerprint density at radius 2 is 1.76 bits per heavy atom. The number of aromatic amines is 1. The minimum absolute atomic E-state index is 0.0780. The van der Waals surface area contributed by atoms with Crippen LogP contribution >= 0.6 is 0 Å². The molecule has 3 rings (SSSR count). The van der Waals surface area contributed by atoms with Crippen LogP contribution in [0.4, 0.5) is 0 Å². The maximum atomic E-state index is 12.2. The Kier molecular flexibility index (Phi) is 3.73. The van der Waals surface area contributed by atoms with Crippen molar-refractivity contribution < 1.29 is 4.79 Å². The molecule has 2 N–H and O–H groups in total. The Labute approximate surface area is 124 Å². The zero-order valence-electron chi connectivity index (χ0n) is 12.0. The average Bonchev–Trinajstić information content (AvgIpc) is 2.97. The summed E-state index contributed by atoms with van der Waals surface area (Å²) in [6, 6.07) is 18.1. The van der Waals surface area contributed by atoms with E-state index in [1.165, 1.54) is 5.56 Å². The van der Waals surface area contributed by atoms with Gasteiger partial charge in [0.1, 0.15) is 5.69 Å². The van der Waals surface area contributed by atoms with Crippen LogP contribution in [0.2, 0.25) is 0 Å². The van der Waals surface area contributed by atoms with Crippen molar-refractivity contribution in [3.63, 3.8) is 0 Å². The number of nitrogens with one attached hydrogen (secondary N) is 2. The summed E-state index contributed by atoms with van der Waals surface area (Å²) >= 11 is 0. The first-order chi connectivity index (χ1) is 10.3. The van der Waals surface area contributed by atoms with Gasteiger partial charge in [-0.3, -0.25) is 4.79 Å². The van der Waals surface area contributed by atoms with Crippen LogP contribution in [0.5, 0.6) is 0 Å². The van der Waals surface area contributed by atoms with E-state index in [1.807, 2.05) is 30.3 Å². The first kappa shape index (κ1) is 13.4. The van der Waals surface area contributed by atoms with Crippen LogP contribution in [0.25, 0.3) is 10.9 Å². The number of amides is 1. The van der Waals surface area contributed by atoms with Crippen molar-refractivity contribution in [3.8, 4) is 0 Å². The third-order valence-electron chi connectivity index (χ3n) is 3.66. The Morgan fingerprint density at radius 3 is 2.48 bits per heavy atom. The van der Waals surface area contributed by atoms with Crippen molar-refractivity contribution in [1.82, 2.24) is 10.3 Å². The standard InChI is InChI=1S/C18H18N2O/c1-2-13-7-9-14(10-8-13)12-19-18(21)17-11-15-5-3-4-6-16(15)20-17/h3-11,20H,2,12H2,1H3,(H,19,21). The van der Waals surface area contributed by atoms with Gasteiger partial charge < -0.3 is 10.3 Å². The van der Waals surface area contributed by atoms with Crippen LogP contribution in [0.1, 0.15) is 28.5 Å². The first-order valence-corrected chi connectivity index (χ1v) is 7.20. The molecule has 0 aliphatic carbocycles. The summed E-state index contributed by atoms with van der Waals surface area (Å²) in [4.78, 5) is 15.3. The molecule has 1 heterocycles. The number of aryl methyl sites for hydroxylation is 1. The lowest BCUT2D eigenvalue weighted by molar-refractivity contribution is 0.0947. The molecule has 0 spiro atoms. The number of aromatic nitrogens is 1. The Hall–Kier alpha value is -2.55. The van der Waals surface area contributed by atoms with Crippen LogP contribution in [0, 0.1) is 0 Å². The summed E-state index contributed by atoms with van der Waals surface area (Å²) in [5.74, 6) is -0.0780. The summed E-state index contributed by atoms with van der Waals surface area (Å²) in [5.41, 5.74) is 3.99. The van der Waals surface area contributed by atoms with E-state index in [2.05, 4.69) is 41.5 Å². The van der Waals surface area contributed by atoms with Crippen molar-refractivity contribution >= 4 is 16.8 Å². The van der Waals surface area contributed by atoms with E-state index in [-0.39, 0.29) is 5.91 Å². The average molecular weight is 278 g/mol. The Balaban J connectivity index is 1.68. The van der Waals surface area contributed by atoms with Crippen molar-refractivity contribution in [3.05, 3.63) is 71.4 Å². The number of fused-ring (bicyclic) bond motifs is 1. The van der Waals surface area contributed by atoms with Crippen LogP contribution < -0.4 is 5.32 Å². The molecule has 0 atom stereocenters. The molecule has 0 unspecified atom stereocenters. The number of rotatable bonds is 4. The smallest absolute Gasteiger partial charge is 0.267 e. The monoisotopic (exact) mass is 278 g/mol. The summed E-state index contributed by atoms with van der Waals surface area (Å²) in [6.07, 6.45) is 1.03. The molecule has 0 aliphatic heterocycles. The van der Waals surface area contributed by atoms with Crippen LogP contribution in [-0.2, 0) is 13.0 Å². The number of hydrogen-bond acceptors (Lipinski definition) is 1. The number of para-hydroxylation sites is 1. The van der Waals surface area contributed by atoms with Gasteiger partial charge in [0.25, 0.3) is 5.91 Å². The molecule has 0 radical (unpaired) electrons. The predicted octanol–water partition coefficient (Wildman–Crippen LogP) is 3.66. The molecule has 1 aromatic heterocycles. The minimum atomic E-state index is -0.0780. The van der Waals surface area contributed by atoms with Crippen molar-refractivity contribution in [2.45, 2.75) is 19.9 Å². The van der Waals surface area contributed by atoms with Gasteiger partial charge in [0, 0.05) is 17.4 Å². The van der Waals surface area contributed by atoms with Gasteiger partial charge in [-0.25, -0.2) is 0 Å². The normalized spacial score (nSPS) is 10.7. The predicted molar refractivity (Wildman–Crippen MR) is 85.3 cm³/mol. The number of H-pyrrole nitrogens is 1. The van der Waals surface area contributed by atoms with E-state index in [9.17, 15) is 4.79 Å². The maximum Gasteiger partial charge on any atom is 0.267 e. The summed E-state index contributed by atoms with van der Waals surface area (Å²) in [5, 5.41) is 3.99. The van der Waals surface area contributed by atoms with Crippen molar-refractivity contribution in [2.75, 3.05) is 0 Å². The molecule has 0 saturated heterocycles. The molecule has 106 valence electrons. The molecule has 0 fully saturated rings. The molecule has 3 nitrogen and oxygen atoms in total. The minimum Gasteiger partial charge on any atom is -0.351 e. The highest BCUT2D eigenvalue weighted by Gasteiger charge is 2.08. The van der Waals surface area contributed by atoms with Gasteiger partial charge in [0.2, 0.25) is 0 Å². The highest BCUT2D eigenvalue weighted by Crippen LogP contribution is 2.14. The maximum absolute atomic E-state index is 12.2. The van der Waals surface area contributed by atoms with Gasteiger partial charge in [-0.2, -0.15) is 0 Å². The summed E-state index contributed by atoms with van der Waals surface area (Å²) in [7, 11) is 0. The van der Waals surface area contributed by atoms with E-state index in [4.69, 9.17) is 0 Å². The molecule has 2 aromatic carbocycles. The van der Waals surface area contributed by atoms with E-state index >= 15 is 0 Å². The third-order valence-corrected chi connectivity index (χ3v) is 3.66.